The number of benzene rings is 2. The number of nitrogens with zero attached hydrogens (tertiary/aromatic N) is 3. The molecule has 1 N–H and O–H groups in total. The molecular formula is C22H18N4OS2. The maximum atomic E-state index is 12.6. The topological polar surface area (TPSA) is 67.8 Å². The van der Waals surface area contributed by atoms with E-state index in [0.717, 1.165) is 31.7 Å². The van der Waals surface area contributed by atoms with E-state index >= 15 is 0 Å². The van der Waals surface area contributed by atoms with Crippen LogP contribution < -0.4 is 5.32 Å². The highest BCUT2D eigenvalue weighted by Crippen LogP contribution is 2.32. The molecule has 4 rings (SSSR count). The Morgan fingerprint density at radius 1 is 1.03 bits per heavy atom. The first-order valence-corrected chi connectivity index (χ1v) is 10.7. The van der Waals surface area contributed by atoms with E-state index in [4.69, 9.17) is 0 Å². The molecule has 0 fully saturated rings. The van der Waals surface area contributed by atoms with E-state index in [2.05, 4.69) is 20.3 Å². The maximum absolute atomic E-state index is 12.6. The van der Waals surface area contributed by atoms with Crippen LogP contribution in [-0.4, -0.2) is 20.9 Å². The molecule has 0 aliphatic rings. The van der Waals surface area contributed by atoms with E-state index in [1.165, 1.54) is 0 Å². The zero-order valence-electron chi connectivity index (χ0n) is 15.9. The zero-order valence-corrected chi connectivity index (χ0v) is 17.6. The van der Waals surface area contributed by atoms with E-state index < -0.39 is 0 Å². The molecule has 0 saturated carbocycles. The predicted octanol–water partition coefficient (Wildman–Crippen LogP) is 5.62. The summed E-state index contributed by atoms with van der Waals surface area (Å²) < 4.78 is 1.01. The standard InChI is InChI=1S/C22H18N4OS2/c1-14-10-18(29-22-25-15(2)13-28-22)8-9-19(14)26-21(27)17-11-23-20(24-12-17)16-6-4-3-5-7-16/h3-13H,1-2H3,(H,26,27). The monoisotopic (exact) mass is 418 g/mol. The van der Waals surface area contributed by atoms with Gasteiger partial charge in [-0.3, -0.25) is 4.79 Å². The van der Waals surface area contributed by atoms with Crippen molar-refractivity contribution in [3.63, 3.8) is 0 Å². The summed E-state index contributed by atoms with van der Waals surface area (Å²) in [6.45, 7) is 3.96. The van der Waals surface area contributed by atoms with Gasteiger partial charge in [0.2, 0.25) is 0 Å². The average molecular weight is 419 g/mol. The van der Waals surface area contributed by atoms with E-state index in [-0.39, 0.29) is 5.91 Å². The lowest BCUT2D eigenvalue weighted by molar-refractivity contribution is 0.102. The minimum Gasteiger partial charge on any atom is -0.322 e. The largest absolute Gasteiger partial charge is 0.322 e. The molecule has 2 heterocycles. The molecular weight excluding hydrogens is 400 g/mol. The summed E-state index contributed by atoms with van der Waals surface area (Å²) >= 11 is 3.25. The van der Waals surface area contributed by atoms with Gasteiger partial charge in [0, 0.05) is 39.6 Å². The molecule has 5 nitrogen and oxygen atoms in total. The fourth-order valence-corrected chi connectivity index (χ4v) is 4.61. The number of carbonyl (C=O) groups excluding carboxylic acids is 1. The third-order valence-electron chi connectivity index (χ3n) is 4.20. The lowest BCUT2D eigenvalue weighted by Gasteiger charge is -2.10. The minimum atomic E-state index is -0.233. The molecule has 0 spiro atoms. The van der Waals surface area contributed by atoms with Crippen LogP contribution in [0.25, 0.3) is 11.4 Å². The van der Waals surface area contributed by atoms with Crippen LogP contribution in [0, 0.1) is 13.8 Å². The molecule has 0 aliphatic heterocycles. The zero-order chi connectivity index (χ0) is 20.2. The van der Waals surface area contributed by atoms with Crippen molar-refractivity contribution in [1.82, 2.24) is 15.0 Å². The fraction of sp³-hybridized carbons (Fsp3) is 0.0909. The first-order chi connectivity index (χ1) is 14.1. The van der Waals surface area contributed by atoms with Crippen LogP contribution in [0.3, 0.4) is 0 Å². The Bertz CT molecular complexity index is 1140. The molecule has 0 saturated heterocycles. The normalized spacial score (nSPS) is 10.7. The van der Waals surface area contributed by atoms with E-state index in [1.54, 1.807) is 35.5 Å². The van der Waals surface area contributed by atoms with Crippen molar-refractivity contribution < 1.29 is 4.79 Å². The summed E-state index contributed by atoms with van der Waals surface area (Å²) in [5.74, 6) is 0.362. The van der Waals surface area contributed by atoms with E-state index in [0.29, 0.717) is 11.4 Å². The number of anilines is 1. The molecule has 0 atom stereocenters. The quantitative estimate of drug-likeness (QED) is 0.455. The molecule has 0 radical (unpaired) electrons. The highest BCUT2D eigenvalue weighted by atomic mass is 32.2. The number of carbonyl (C=O) groups is 1. The van der Waals surface area contributed by atoms with E-state index in [1.807, 2.05) is 67.8 Å². The molecule has 29 heavy (non-hydrogen) atoms. The Kier molecular flexibility index (Phi) is 5.69. The highest BCUT2D eigenvalue weighted by molar-refractivity contribution is 8.01. The summed E-state index contributed by atoms with van der Waals surface area (Å²) in [6.07, 6.45) is 3.10. The van der Waals surface area contributed by atoms with Gasteiger partial charge in [-0.05, 0) is 37.6 Å². The van der Waals surface area contributed by atoms with Gasteiger partial charge in [0.05, 0.1) is 5.56 Å². The summed E-state index contributed by atoms with van der Waals surface area (Å²) in [5.41, 5.74) is 4.11. The van der Waals surface area contributed by atoms with Crippen molar-refractivity contribution >= 4 is 34.7 Å². The first-order valence-electron chi connectivity index (χ1n) is 8.98. The molecule has 7 heteroatoms. The number of rotatable bonds is 5. The van der Waals surface area contributed by atoms with Crippen LogP contribution in [0.15, 0.2) is 75.5 Å². The Morgan fingerprint density at radius 3 is 2.45 bits per heavy atom. The summed E-state index contributed by atoms with van der Waals surface area (Å²) in [7, 11) is 0. The highest BCUT2D eigenvalue weighted by Gasteiger charge is 2.11. The van der Waals surface area contributed by atoms with Crippen LogP contribution in [0.4, 0.5) is 5.69 Å². The Hall–Kier alpha value is -3.03. The number of hydrogen-bond acceptors (Lipinski definition) is 6. The van der Waals surface area contributed by atoms with Gasteiger partial charge in [-0.2, -0.15) is 0 Å². The van der Waals surface area contributed by atoms with Crippen LogP contribution in [-0.2, 0) is 0 Å². The lowest BCUT2D eigenvalue weighted by atomic mass is 10.2. The molecule has 144 valence electrons. The molecule has 2 aromatic heterocycles. The van der Waals surface area contributed by atoms with Gasteiger partial charge in [0.25, 0.3) is 5.91 Å². The molecule has 0 bridgehead atoms. The van der Waals surface area contributed by atoms with E-state index in [9.17, 15) is 4.79 Å². The van der Waals surface area contributed by atoms with Gasteiger partial charge in [0.15, 0.2) is 10.2 Å². The van der Waals surface area contributed by atoms with Crippen molar-refractivity contribution in [2.75, 3.05) is 5.32 Å². The fourth-order valence-electron chi connectivity index (χ4n) is 2.70. The Balaban J connectivity index is 1.45. The molecule has 0 aliphatic carbocycles. The van der Waals surface area contributed by atoms with Crippen molar-refractivity contribution in [3.05, 3.63) is 83.1 Å². The van der Waals surface area contributed by atoms with Crippen LogP contribution in [0.1, 0.15) is 21.6 Å². The second-order valence-electron chi connectivity index (χ2n) is 6.45. The Morgan fingerprint density at radius 2 is 1.79 bits per heavy atom. The number of aryl methyl sites for hydroxylation is 2. The third kappa shape index (κ3) is 4.70. The van der Waals surface area contributed by atoms with Crippen LogP contribution in [0.2, 0.25) is 0 Å². The molecule has 0 unspecified atom stereocenters. The number of amides is 1. The smallest absolute Gasteiger partial charge is 0.258 e. The number of thiazole rings is 1. The second kappa shape index (κ2) is 8.55. The number of hydrogen-bond donors (Lipinski definition) is 1. The SMILES string of the molecule is Cc1csc(Sc2ccc(NC(=O)c3cnc(-c4ccccc4)nc3)c(C)c2)n1. The van der Waals surface area contributed by atoms with Gasteiger partial charge in [-0.25, -0.2) is 15.0 Å². The molecule has 4 aromatic rings. The lowest BCUT2D eigenvalue weighted by Crippen LogP contribution is -2.13. The summed E-state index contributed by atoms with van der Waals surface area (Å²) in [6, 6.07) is 15.6. The Labute approximate surface area is 177 Å². The van der Waals surface area contributed by atoms with Crippen molar-refractivity contribution in [2.45, 2.75) is 23.1 Å². The third-order valence-corrected chi connectivity index (χ3v) is 6.24. The van der Waals surface area contributed by atoms with Gasteiger partial charge in [-0.15, -0.1) is 11.3 Å². The predicted molar refractivity (Wildman–Crippen MR) is 118 cm³/mol. The van der Waals surface area contributed by atoms with Gasteiger partial charge in [0.1, 0.15) is 0 Å². The van der Waals surface area contributed by atoms with Gasteiger partial charge in [-0.1, -0.05) is 42.1 Å². The van der Waals surface area contributed by atoms with Crippen LogP contribution in [0.5, 0.6) is 0 Å². The number of aromatic nitrogens is 3. The van der Waals surface area contributed by atoms with Gasteiger partial charge < -0.3 is 5.32 Å². The maximum Gasteiger partial charge on any atom is 0.258 e. The number of nitrogens with one attached hydrogen (secondary N) is 1. The molecule has 1 amide bonds. The first kappa shape index (κ1) is 19.3. The van der Waals surface area contributed by atoms with Crippen molar-refractivity contribution in [2.24, 2.45) is 0 Å². The van der Waals surface area contributed by atoms with Crippen LogP contribution >= 0.6 is 23.1 Å². The minimum absolute atomic E-state index is 0.233. The molecule has 2 aromatic carbocycles. The summed E-state index contributed by atoms with van der Waals surface area (Å²) in [5, 5.41) is 4.98. The average Bonchev–Trinajstić information content (AvgIpc) is 3.15. The van der Waals surface area contributed by atoms with Crippen molar-refractivity contribution in [1.29, 1.82) is 0 Å². The summed E-state index contributed by atoms with van der Waals surface area (Å²) in [4.78, 5) is 26.8. The van der Waals surface area contributed by atoms with Crippen molar-refractivity contribution in [3.8, 4) is 11.4 Å². The second-order valence-corrected chi connectivity index (χ2v) is 8.63. The van der Waals surface area contributed by atoms with Gasteiger partial charge >= 0.3 is 0 Å².